The lowest BCUT2D eigenvalue weighted by Crippen LogP contribution is -2.67. The number of hydrogen-bond donors (Lipinski definition) is 9. The molecule has 0 spiro atoms. The molecule has 13 heteroatoms. The molecular formula is C42H68O13. The number of allylic oxidation sites excluding steroid dienone is 3. The quantitative estimate of drug-likeness (QED) is 0.168. The maximum absolute atomic E-state index is 12.0. The van der Waals surface area contributed by atoms with Crippen molar-refractivity contribution in [3.05, 3.63) is 23.3 Å². The molecule has 9 N–H and O–H groups in total. The fraction of sp³-hybridized carbons (Fsp3) is 0.905. The summed E-state index contributed by atoms with van der Waals surface area (Å²) in [4.78, 5) is 0. The van der Waals surface area contributed by atoms with Crippen molar-refractivity contribution in [1.29, 1.82) is 0 Å². The van der Waals surface area contributed by atoms with Crippen molar-refractivity contribution in [2.24, 2.45) is 44.3 Å². The van der Waals surface area contributed by atoms with Crippen LogP contribution in [0.15, 0.2) is 23.3 Å². The Labute approximate surface area is 325 Å². The molecule has 7 aliphatic rings. The van der Waals surface area contributed by atoms with Crippen LogP contribution in [0.4, 0.5) is 0 Å². The van der Waals surface area contributed by atoms with Gasteiger partial charge in [0.2, 0.25) is 0 Å². The van der Waals surface area contributed by atoms with Crippen molar-refractivity contribution >= 4 is 0 Å². The van der Waals surface area contributed by atoms with Crippen molar-refractivity contribution in [1.82, 2.24) is 0 Å². The van der Waals surface area contributed by atoms with E-state index in [2.05, 4.69) is 46.8 Å². The maximum atomic E-state index is 12.0. The molecule has 5 aliphatic carbocycles. The second-order valence-corrected chi connectivity index (χ2v) is 20.3. The average Bonchev–Trinajstić information content (AvgIpc) is 3.13. The summed E-state index contributed by atoms with van der Waals surface area (Å²) in [6, 6.07) is 0. The molecule has 0 radical (unpaired) electrons. The monoisotopic (exact) mass is 780 g/mol. The zero-order chi connectivity index (χ0) is 40.3. The van der Waals surface area contributed by atoms with Gasteiger partial charge in [0, 0.05) is 16.2 Å². The molecule has 19 atom stereocenters. The number of aliphatic hydroxyl groups excluding tert-OH is 9. The normalized spacial score (nSPS) is 54.9. The highest BCUT2D eigenvalue weighted by Crippen LogP contribution is 2.74. The van der Waals surface area contributed by atoms with Crippen molar-refractivity contribution in [3.63, 3.8) is 0 Å². The molecule has 13 nitrogen and oxygen atoms in total. The van der Waals surface area contributed by atoms with Crippen LogP contribution in [0.3, 0.4) is 0 Å². The second-order valence-electron chi connectivity index (χ2n) is 20.3. The molecule has 2 saturated heterocycles. The van der Waals surface area contributed by atoms with Gasteiger partial charge in [-0.3, -0.25) is 0 Å². The standard InChI is InChI=1S/C42H68O13/c1-21-29(47)34(55-35-32(50)31(49)30(48)24(18-43)53-35)33(51)36(52-21)54-28-11-12-38(4)25(39(28,5)19-44)10-13-40(6)26(38)9-8-22-23-16-37(2,3)14-15-42(23,20-45)27(46)17-41(22,40)7/h8-9,21,24-36,43-51H,10-20H2,1-7H3/t21-,24-,25-,26-,27+,28+,29+,30-,31-,32+,33+,34?,35+,36+,38+,39+,40?,41+,42-/m1/s1. The molecule has 0 amide bonds. The van der Waals surface area contributed by atoms with Crippen LogP contribution in [-0.4, -0.2) is 139 Å². The lowest BCUT2D eigenvalue weighted by Gasteiger charge is -2.70. The van der Waals surface area contributed by atoms with E-state index in [9.17, 15) is 46.0 Å². The van der Waals surface area contributed by atoms with Gasteiger partial charge in [-0.25, -0.2) is 0 Å². The number of rotatable bonds is 7. The van der Waals surface area contributed by atoms with Crippen LogP contribution >= 0.6 is 0 Å². The lowest BCUT2D eigenvalue weighted by atomic mass is 9.35. The predicted molar refractivity (Wildman–Crippen MR) is 199 cm³/mol. The third kappa shape index (κ3) is 6.12. The Balaban J connectivity index is 1.15. The Morgan fingerprint density at radius 3 is 2.09 bits per heavy atom. The van der Waals surface area contributed by atoms with Crippen LogP contribution in [-0.2, 0) is 18.9 Å². The van der Waals surface area contributed by atoms with E-state index in [0.29, 0.717) is 12.8 Å². The van der Waals surface area contributed by atoms with Crippen molar-refractivity contribution in [3.8, 4) is 0 Å². The van der Waals surface area contributed by atoms with Gasteiger partial charge in [-0.1, -0.05) is 59.3 Å². The summed E-state index contributed by atoms with van der Waals surface area (Å²) in [5, 5.41) is 97.6. The van der Waals surface area contributed by atoms with Crippen LogP contribution in [0.1, 0.15) is 99.8 Å². The Morgan fingerprint density at radius 2 is 1.44 bits per heavy atom. The molecule has 2 aliphatic heterocycles. The largest absolute Gasteiger partial charge is 0.396 e. The number of ether oxygens (including phenoxy) is 4. The molecule has 2 heterocycles. The van der Waals surface area contributed by atoms with E-state index >= 15 is 0 Å². The van der Waals surface area contributed by atoms with Gasteiger partial charge < -0.3 is 64.9 Å². The molecule has 7 rings (SSSR count). The van der Waals surface area contributed by atoms with Gasteiger partial charge >= 0.3 is 0 Å². The molecular weight excluding hydrogens is 712 g/mol. The first-order valence-electron chi connectivity index (χ1n) is 20.6. The average molecular weight is 781 g/mol. The minimum absolute atomic E-state index is 0.0212. The second kappa shape index (κ2) is 14.3. The molecule has 55 heavy (non-hydrogen) atoms. The Bertz CT molecular complexity index is 1500. The molecule has 3 saturated carbocycles. The highest BCUT2D eigenvalue weighted by atomic mass is 16.7. The number of hydrogen-bond acceptors (Lipinski definition) is 13. The van der Waals surface area contributed by atoms with E-state index in [0.717, 1.165) is 38.5 Å². The first-order chi connectivity index (χ1) is 25.7. The minimum atomic E-state index is -1.73. The highest BCUT2D eigenvalue weighted by Gasteiger charge is 2.69. The third-order valence-electron chi connectivity index (χ3n) is 16.8. The fourth-order valence-electron chi connectivity index (χ4n) is 13.0. The van der Waals surface area contributed by atoms with Gasteiger partial charge in [0.1, 0.15) is 42.7 Å². The molecule has 5 fully saturated rings. The SMILES string of the molecule is C[C@H]1O[C@@H](O[C@H]2CC[C@@]3(C)[C@@H](CCC4(C)[C@@H]3C=CC3=C5CC(C)(C)CC[C@]5(CO)[C@@H](O)C[C@@]34C)[C@]2(C)CO)[C@@H](O)C(O[C@@H]2O[C@H](CO)[C@@H](O)[C@@H](O)[C@@H]2O)[C@H]1O. The van der Waals surface area contributed by atoms with E-state index < -0.39 is 91.1 Å². The van der Waals surface area contributed by atoms with Crippen LogP contribution in [0.2, 0.25) is 0 Å². The van der Waals surface area contributed by atoms with Gasteiger partial charge in [0.05, 0.1) is 38.1 Å². The van der Waals surface area contributed by atoms with E-state index in [-0.39, 0.29) is 46.7 Å². The van der Waals surface area contributed by atoms with Crippen LogP contribution in [0.5, 0.6) is 0 Å². The smallest absolute Gasteiger partial charge is 0.187 e. The van der Waals surface area contributed by atoms with Crippen LogP contribution in [0, 0.1) is 44.3 Å². The van der Waals surface area contributed by atoms with E-state index in [1.54, 1.807) is 6.92 Å². The summed E-state index contributed by atoms with van der Waals surface area (Å²) in [5.74, 6) is 0.154. The number of fused-ring (bicyclic) bond motifs is 6. The van der Waals surface area contributed by atoms with Crippen LogP contribution < -0.4 is 0 Å². The van der Waals surface area contributed by atoms with Crippen LogP contribution in [0.25, 0.3) is 0 Å². The first-order valence-corrected chi connectivity index (χ1v) is 20.6. The zero-order valence-electron chi connectivity index (χ0n) is 33.7. The zero-order valence-corrected chi connectivity index (χ0v) is 33.7. The topological polar surface area (TPSA) is 219 Å². The molecule has 0 aromatic heterocycles. The number of aliphatic hydroxyl groups is 9. The summed E-state index contributed by atoms with van der Waals surface area (Å²) in [7, 11) is 0. The molecule has 2 unspecified atom stereocenters. The van der Waals surface area contributed by atoms with E-state index in [1.807, 2.05) is 6.92 Å². The van der Waals surface area contributed by atoms with Crippen molar-refractivity contribution in [2.45, 2.75) is 173 Å². The first kappa shape index (κ1) is 42.1. The van der Waals surface area contributed by atoms with Gasteiger partial charge in [-0.2, -0.15) is 0 Å². The van der Waals surface area contributed by atoms with E-state index in [1.165, 1.54) is 11.1 Å². The molecule has 314 valence electrons. The summed E-state index contributed by atoms with van der Waals surface area (Å²) < 4.78 is 24.0. The summed E-state index contributed by atoms with van der Waals surface area (Å²) in [6.45, 7) is 14.4. The fourth-order valence-corrected chi connectivity index (χ4v) is 13.0. The van der Waals surface area contributed by atoms with Gasteiger partial charge in [0.25, 0.3) is 0 Å². The van der Waals surface area contributed by atoms with Gasteiger partial charge in [-0.05, 0) is 91.9 Å². The highest BCUT2D eigenvalue weighted by molar-refractivity contribution is 5.47. The molecule has 0 aromatic carbocycles. The maximum Gasteiger partial charge on any atom is 0.187 e. The third-order valence-corrected chi connectivity index (χ3v) is 16.8. The van der Waals surface area contributed by atoms with Crippen molar-refractivity contribution < 1.29 is 64.9 Å². The van der Waals surface area contributed by atoms with E-state index in [4.69, 9.17) is 18.9 Å². The molecule has 0 bridgehead atoms. The summed E-state index contributed by atoms with van der Waals surface area (Å²) in [5.41, 5.74) is 0.476. The van der Waals surface area contributed by atoms with Crippen molar-refractivity contribution in [2.75, 3.05) is 19.8 Å². The Hall–Kier alpha value is -1.04. The predicted octanol–water partition coefficient (Wildman–Crippen LogP) is 1.68. The van der Waals surface area contributed by atoms with Gasteiger partial charge in [-0.15, -0.1) is 0 Å². The Morgan fingerprint density at radius 1 is 0.745 bits per heavy atom. The van der Waals surface area contributed by atoms with Gasteiger partial charge in [0.15, 0.2) is 12.6 Å². The lowest BCUT2D eigenvalue weighted by molar-refractivity contribution is -0.367. The minimum Gasteiger partial charge on any atom is -0.396 e. The summed E-state index contributed by atoms with van der Waals surface area (Å²) in [6.07, 6.45) is -4.63. The Kier molecular flexibility index (Phi) is 11.0. The summed E-state index contributed by atoms with van der Waals surface area (Å²) >= 11 is 0. The molecule has 0 aromatic rings.